The van der Waals surface area contributed by atoms with E-state index in [0.717, 1.165) is 35.7 Å². The van der Waals surface area contributed by atoms with Gasteiger partial charge in [0.1, 0.15) is 0 Å². The number of fused-ring (bicyclic) bond motifs is 1. The van der Waals surface area contributed by atoms with Crippen LogP contribution in [0.2, 0.25) is 0 Å². The summed E-state index contributed by atoms with van der Waals surface area (Å²) >= 11 is 0. The van der Waals surface area contributed by atoms with Gasteiger partial charge in [-0.25, -0.2) is 0 Å². The second-order valence-corrected chi connectivity index (χ2v) is 5.83. The first-order valence-electron chi connectivity index (χ1n) is 7.50. The predicted molar refractivity (Wildman–Crippen MR) is 92.2 cm³/mol. The third kappa shape index (κ3) is 2.77. The van der Waals surface area contributed by atoms with Crippen LogP contribution in [0.5, 0.6) is 0 Å². The minimum atomic E-state index is 0.109. The number of amides is 1. The van der Waals surface area contributed by atoms with E-state index in [4.69, 9.17) is 0 Å². The highest BCUT2D eigenvalue weighted by molar-refractivity contribution is 5.94. The molecule has 0 saturated carbocycles. The molecule has 1 aliphatic rings. The Morgan fingerprint density at radius 1 is 1.14 bits per heavy atom. The molecule has 0 fully saturated rings. The molecule has 22 heavy (non-hydrogen) atoms. The number of benzene rings is 2. The molecule has 1 N–H and O–H groups in total. The fraction of sp³-hybridized carbons (Fsp3) is 0.278. The first-order valence-corrected chi connectivity index (χ1v) is 7.50. The lowest BCUT2D eigenvalue weighted by molar-refractivity contribution is -0.116. The summed E-state index contributed by atoms with van der Waals surface area (Å²) in [6, 6.07) is 14.5. The molecule has 0 unspecified atom stereocenters. The van der Waals surface area contributed by atoms with Crippen LogP contribution < -0.4 is 15.1 Å². The minimum Gasteiger partial charge on any atom is -0.378 e. The van der Waals surface area contributed by atoms with E-state index in [9.17, 15) is 4.79 Å². The zero-order valence-corrected chi connectivity index (χ0v) is 13.3. The van der Waals surface area contributed by atoms with E-state index in [1.54, 1.807) is 6.92 Å². The number of carbonyl (C=O) groups excluding carboxylic acids is 1. The van der Waals surface area contributed by atoms with E-state index in [1.807, 2.05) is 37.2 Å². The highest BCUT2D eigenvalue weighted by Crippen LogP contribution is 2.31. The van der Waals surface area contributed by atoms with E-state index in [2.05, 4.69) is 34.5 Å². The van der Waals surface area contributed by atoms with Gasteiger partial charge in [-0.15, -0.1) is 0 Å². The molecular weight excluding hydrogens is 274 g/mol. The van der Waals surface area contributed by atoms with Crippen LogP contribution in [0.25, 0.3) is 0 Å². The van der Waals surface area contributed by atoms with Crippen LogP contribution in [0.1, 0.15) is 12.5 Å². The lowest BCUT2D eigenvalue weighted by Gasteiger charge is -2.16. The Kier molecular flexibility index (Phi) is 3.75. The first kappa shape index (κ1) is 14.4. The Bertz CT molecular complexity index is 709. The standard InChI is InChI=1S/C18H21N3O/c1-13(22)21-10-9-14-11-16(7-8-18(14)21)19-15-5-4-6-17(12-15)20(2)3/h4-8,11-12,19H,9-10H2,1-3H3. The van der Waals surface area contributed by atoms with Crippen molar-refractivity contribution < 1.29 is 4.79 Å². The van der Waals surface area contributed by atoms with Crippen molar-refractivity contribution in [1.82, 2.24) is 0 Å². The quantitative estimate of drug-likeness (QED) is 0.942. The second kappa shape index (κ2) is 5.72. The van der Waals surface area contributed by atoms with Gasteiger partial charge in [-0.05, 0) is 48.4 Å². The van der Waals surface area contributed by atoms with Crippen molar-refractivity contribution in [3.8, 4) is 0 Å². The Balaban J connectivity index is 1.83. The van der Waals surface area contributed by atoms with Crippen LogP contribution in [-0.4, -0.2) is 26.5 Å². The van der Waals surface area contributed by atoms with Crippen molar-refractivity contribution in [2.75, 3.05) is 35.8 Å². The number of carbonyl (C=O) groups is 1. The van der Waals surface area contributed by atoms with Crippen molar-refractivity contribution in [3.63, 3.8) is 0 Å². The lowest BCUT2D eigenvalue weighted by atomic mass is 10.1. The van der Waals surface area contributed by atoms with Gasteiger partial charge in [0.05, 0.1) is 0 Å². The van der Waals surface area contributed by atoms with Crippen molar-refractivity contribution in [3.05, 3.63) is 48.0 Å². The van der Waals surface area contributed by atoms with E-state index < -0.39 is 0 Å². The summed E-state index contributed by atoms with van der Waals surface area (Å²) in [5, 5.41) is 3.44. The Morgan fingerprint density at radius 2 is 1.91 bits per heavy atom. The Labute approximate surface area is 131 Å². The lowest BCUT2D eigenvalue weighted by Crippen LogP contribution is -2.25. The molecule has 4 nitrogen and oxygen atoms in total. The SMILES string of the molecule is CC(=O)N1CCc2cc(Nc3cccc(N(C)C)c3)ccc21. The molecule has 2 aromatic carbocycles. The summed E-state index contributed by atoms with van der Waals surface area (Å²) in [4.78, 5) is 15.5. The maximum absolute atomic E-state index is 11.6. The molecule has 1 aliphatic heterocycles. The van der Waals surface area contributed by atoms with Crippen molar-refractivity contribution in [1.29, 1.82) is 0 Å². The van der Waals surface area contributed by atoms with E-state index in [-0.39, 0.29) is 5.91 Å². The third-order valence-corrected chi connectivity index (χ3v) is 4.01. The molecule has 0 saturated heterocycles. The van der Waals surface area contributed by atoms with Gasteiger partial charge < -0.3 is 15.1 Å². The number of anilines is 4. The minimum absolute atomic E-state index is 0.109. The van der Waals surface area contributed by atoms with E-state index >= 15 is 0 Å². The molecule has 2 aromatic rings. The summed E-state index contributed by atoms with van der Waals surface area (Å²) in [7, 11) is 4.07. The summed E-state index contributed by atoms with van der Waals surface area (Å²) in [6.07, 6.45) is 0.919. The number of hydrogen-bond acceptors (Lipinski definition) is 3. The zero-order chi connectivity index (χ0) is 15.7. The molecule has 0 atom stereocenters. The molecule has 0 bridgehead atoms. The topological polar surface area (TPSA) is 35.6 Å². The van der Waals surface area contributed by atoms with Gasteiger partial charge >= 0.3 is 0 Å². The van der Waals surface area contributed by atoms with Gasteiger partial charge in [0.2, 0.25) is 5.91 Å². The van der Waals surface area contributed by atoms with Gasteiger partial charge in [-0.2, -0.15) is 0 Å². The van der Waals surface area contributed by atoms with Crippen molar-refractivity contribution in [2.45, 2.75) is 13.3 Å². The van der Waals surface area contributed by atoms with Crippen LogP contribution in [-0.2, 0) is 11.2 Å². The van der Waals surface area contributed by atoms with Crippen molar-refractivity contribution in [2.24, 2.45) is 0 Å². The molecule has 114 valence electrons. The average Bonchev–Trinajstić information content (AvgIpc) is 2.90. The largest absolute Gasteiger partial charge is 0.378 e. The molecule has 0 spiro atoms. The predicted octanol–water partition coefficient (Wildman–Crippen LogP) is 3.41. The molecule has 4 heteroatoms. The van der Waals surface area contributed by atoms with Crippen LogP contribution in [0.4, 0.5) is 22.7 Å². The maximum atomic E-state index is 11.6. The molecule has 0 radical (unpaired) electrons. The highest BCUT2D eigenvalue weighted by atomic mass is 16.2. The van der Waals surface area contributed by atoms with E-state index in [0.29, 0.717) is 0 Å². The molecule has 0 aliphatic carbocycles. The van der Waals surface area contributed by atoms with Crippen LogP contribution >= 0.6 is 0 Å². The van der Waals surface area contributed by atoms with Gasteiger partial charge in [-0.3, -0.25) is 4.79 Å². The van der Waals surface area contributed by atoms with E-state index in [1.165, 1.54) is 5.56 Å². The van der Waals surface area contributed by atoms with Crippen molar-refractivity contribution >= 4 is 28.7 Å². The average molecular weight is 295 g/mol. The van der Waals surface area contributed by atoms with Crippen LogP contribution in [0.15, 0.2) is 42.5 Å². The maximum Gasteiger partial charge on any atom is 0.223 e. The summed E-state index contributed by atoms with van der Waals surface area (Å²) in [5.74, 6) is 0.109. The normalized spacial score (nSPS) is 13.0. The zero-order valence-electron chi connectivity index (χ0n) is 13.3. The van der Waals surface area contributed by atoms with Gasteiger partial charge in [-0.1, -0.05) is 6.07 Å². The van der Waals surface area contributed by atoms with Gasteiger partial charge in [0.15, 0.2) is 0 Å². The number of nitrogens with zero attached hydrogens (tertiary/aromatic N) is 2. The molecule has 3 rings (SSSR count). The second-order valence-electron chi connectivity index (χ2n) is 5.83. The highest BCUT2D eigenvalue weighted by Gasteiger charge is 2.22. The number of nitrogens with one attached hydrogen (secondary N) is 1. The summed E-state index contributed by atoms with van der Waals surface area (Å²) in [5.41, 5.74) is 5.55. The molecule has 1 heterocycles. The number of rotatable bonds is 3. The monoisotopic (exact) mass is 295 g/mol. The molecule has 1 amide bonds. The van der Waals surface area contributed by atoms with Crippen LogP contribution in [0, 0.1) is 0 Å². The van der Waals surface area contributed by atoms with Gasteiger partial charge in [0, 0.05) is 50.3 Å². The molecular formula is C18H21N3O. The smallest absolute Gasteiger partial charge is 0.223 e. The van der Waals surface area contributed by atoms with Gasteiger partial charge in [0.25, 0.3) is 0 Å². The molecule has 0 aromatic heterocycles. The fourth-order valence-corrected chi connectivity index (χ4v) is 2.84. The first-order chi connectivity index (χ1) is 10.5. The third-order valence-electron chi connectivity index (χ3n) is 4.01. The summed E-state index contributed by atoms with van der Waals surface area (Å²) < 4.78 is 0. The fourth-order valence-electron chi connectivity index (χ4n) is 2.84. The Hall–Kier alpha value is -2.49. The van der Waals surface area contributed by atoms with Crippen LogP contribution in [0.3, 0.4) is 0 Å². The summed E-state index contributed by atoms with van der Waals surface area (Å²) in [6.45, 7) is 2.40. The Morgan fingerprint density at radius 3 is 2.64 bits per heavy atom. The number of hydrogen-bond donors (Lipinski definition) is 1.